The van der Waals surface area contributed by atoms with E-state index in [1.165, 1.54) is 16.7 Å². The molecule has 34 heavy (non-hydrogen) atoms. The van der Waals surface area contributed by atoms with Crippen LogP contribution >= 0.6 is 11.8 Å². The summed E-state index contributed by atoms with van der Waals surface area (Å²) in [5.74, 6) is -0.923. The number of nitrogens with zero attached hydrogens (tertiary/aromatic N) is 1. The van der Waals surface area contributed by atoms with E-state index in [9.17, 15) is 19.5 Å². The Bertz CT molecular complexity index is 1030. The normalized spacial score (nSPS) is 19.9. The van der Waals surface area contributed by atoms with Crippen LogP contribution in [0.15, 0.2) is 48.5 Å². The minimum atomic E-state index is -0.998. The summed E-state index contributed by atoms with van der Waals surface area (Å²) in [5.41, 5.74) is 4.59. The lowest BCUT2D eigenvalue weighted by atomic mass is 9.98. The molecule has 2 aromatic carbocycles. The van der Waals surface area contributed by atoms with Crippen molar-refractivity contribution in [3.05, 3.63) is 59.7 Å². The van der Waals surface area contributed by atoms with Gasteiger partial charge in [-0.3, -0.25) is 4.79 Å². The molecule has 2 unspecified atom stereocenters. The van der Waals surface area contributed by atoms with Gasteiger partial charge in [-0.2, -0.15) is 0 Å². The number of aliphatic carboxylic acids is 1. The van der Waals surface area contributed by atoms with Crippen molar-refractivity contribution >= 4 is 29.7 Å². The Morgan fingerprint density at radius 3 is 2.32 bits per heavy atom. The largest absolute Gasteiger partial charge is 0.480 e. The molecule has 2 amide bonds. The van der Waals surface area contributed by atoms with Crippen molar-refractivity contribution in [1.82, 2.24) is 10.2 Å². The van der Waals surface area contributed by atoms with Gasteiger partial charge in [0.05, 0.1) is 5.37 Å². The number of fused-ring (bicyclic) bond motifs is 3. The van der Waals surface area contributed by atoms with Crippen LogP contribution in [0, 0.1) is 0 Å². The first kappa shape index (κ1) is 24.1. The van der Waals surface area contributed by atoms with Gasteiger partial charge in [0.2, 0.25) is 5.91 Å². The SMILES string of the molecule is CCC[C@H](CC(=O)N1C(C)SCC1C(=O)O)NC(=O)OCC1c2ccccc2-c2ccccc21. The average Bonchev–Trinajstić information content (AvgIpc) is 3.36. The number of thioether (sulfide) groups is 1. The van der Waals surface area contributed by atoms with Crippen LogP contribution in [-0.4, -0.2) is 57.8 Å². The monoisotopic (exact) mass is 482 g/mol. The van der Waals surface area contributed by atoms with E-state index in [0.717, 1.165) is 28.7 Å². The van der Waals surface area contributed by atoms with Crippen LogP contribution in [0.25, 0.3) is 11.1 Å². The molecule has 7 nitrogen and oxygen atoms in total. The number of amides is 2. The average molecular weight is 483 g/mol. The van der Waals surface area contributed by atoms with Crippen LogP contribution in [0.4, 0.5) is 4.79 Å². The molecule has 0 spiro atoms. The van der Waals surface area contributed by atoms with Crippen molar-refractivity contribution in [2.24, 2.45) is 0 Å². The molecule has 2 aliphatic rings. The van der Waals surface area contributed by atoms with Gasteiger partial charge in [0.25, 0.3) is 0 Å². The van der Waals surface area contributed by atoms with E-state index in [1.807, 2.05) is 38.1 Å². The first-order chi connectivity index (χ1) is 16.4. The number of nitrogens with one attached hydrogen (secondary N) is 1. The Hall–Kier alpha value is -3.00. The van der Waals surface area contributed by atoms with Gasteiger partial charge in [-0.25, -0.2) is 9.59 Å². The highest BCUT2D eigenvalue weighted by atomic mass is 32.2. The molecule has 0 bridgehead atoms. The Morgan fingerprint density at radius 2 is 1.74 bits per heavy atom. The summed E-state index contributed by atoms with van der Waals surface area (Å²) < 4.78 is 5.63. The van der Waals surface area contributed by atoms with E-state index >= 15 is 0 Å². The maximum atomic E-state index is 12.9. The van der Waals surface area contributed by atoms with Gasteiger partial charge < -0.3 is 20.1 Å². The number of benzene rings is 2. The molecule has 1 aliphatic carbocycles. The topological polar surface area (TPSA) is 95.9 Å². The molecule has 0 saturated carbocycles. The number of rotatable bonds is 8. The lowest BCUT2D eigenvalue weighted by Crippen LogP contribution is -2.47. The highest BCUT2D eigenvalue weighted by Gasteiger charge is 2.40. The number of ether oxygens (including phenoxy) is 1. The maximum Gasteiger partial charge on any atom is 0.407 e. The number of carboxylic acid groups (broad SMARTS) is 1. The van der Waals surface area contributed by atoms with Crippen molar-refractivity contribution < 1.29 is 24.2 Å². The van der Waals surface area contributed by atoms with Crippen LogP contribution in [0.1, 0.15) is 50.2 Å². The Balaban J connectivity index is 1.38. The van der Waals surface area contributed by atoms with Crippen LogP contribution in [-0.2, 0) is 14.3 Å². The van der Waals surface area contributed by atoms with Crippen molar-refractivity contribution in [3.8, 4) is 11.1 Å². The fourth-order valence-electron chi connectivity index (χ4n) is 4.91. The summed E-state index contributed by atoms with van der Waals surface area (Å²) in [6.45, 7) is 4.01. The van der Waals surface area contributed by atoms with E-state index in [2.05, 4.69) is 29.6 Å². The smallest absolute Gasteiger partial charge is 0.407 e. The highest BCUT2D eigenvalue weighted by Crippen LogP contribution is 2.44. The number of carbonyl (C=O) groups is 3. The van der Waals surface area contributed by atoms with Crippen LogP contribution in [0.3, 0.4) is 0 Å². The van der Waals surface area contributed by atoms with Gasteiger partial charge in [-0.1, -0.05) is 61.9 Å². The van der Waals surface area contributed by atoms with Crippen LogP contribution in [0.5, 0.6) is 0 Å². The van der Waals surface area contributed by atoms with E-state index in [-0.39, 0.29) is 30.2 Å². The third-order valence-corrected chi connectivity index (χ3v) is 7.74. The molecule has 1 saturated heterocycles. The zero-order chi connectivity index (χ0) is 24.2. The van der Waals surface area contributed by atoms with E-state index in [0.29, 0.717) is 12.2 Å². The summed E-state index contributed by atoms with van der Waals surface area (Å²) in [5, 5.41) is 12.1. The second-order valence-electron chi connectivity index (χ2n) is 8.75. The van der Waals surface area contributed by atoms with Crippen molar-refractivity contribution in [2.45, 2.75) is 56.5 Å². The molecule has 1 aliphatic heterocycles. The lowest BCUT2D eigenvalue weighted by molar-refractivity contribution is -0.149. The molecule has 180 valence electrons. The minimum Gasteiger partial charge on any atom is -0.480 e. The standard InChI is InChI=1S/C26H30N2O5S/c1-3-8-17(13-24(29)28-16(2)34-15-23(28)25(30)31)27-26(32)33-14-22-20-11-6-4-9-18(20)19-10-5-7-12-21(19)22/h4-7,9-12,16-17,22-23H,3,8,13-15H2,1-2H3,(H,27,32)(H,30,31)/t16?,17-,23?/m1/s1. The molecule has 0 radical (unpaired) electrons. The number of hydrogen-bond donors (Lipinski definition) is 2. The molecular formula is C26H30N2O5S. The van der Waals surface area contributed by atoms with Crippen molar-refractivity contribution in [3.63, 3.8) is 0 Å². The van der Waals surface area contributed by atoms with Gasteiger partial charge in [0.1, 0.15) is 12.6 Å². The quantitative estimate of drug-likeness (QED) is 0.577. The second-order valence-corrected chi connectivity index (χ2v) is 10.1. The second kappa shape index (κ2) is 10.5. The number of alkyl carbamates (subject to hydrolysis) is 1. The molecular weight excluding hydrogens is 452 g/mol. The van der Waals surface area contributed by atoms with Crippen molar-refractivity contribution in [1.29, 1.82) is 0 Å². The third kappa shape index (κ3) is 4.92. The predicted octanol–water partition coefficient (Wildman–Crippen LogP) is 4.46. The van der Waals surface area contributed by atoms with Crippen LogP contribution < -0.4 is 5.32 Å². The molecule has 8 heteroatoms. The summed E-state index contributed by atoms with van der Waals surface area (Å²) in [6.07, 6.45) is 0.857. The van der Waals surface area contributed by atoms with E-state index in [4.69, 9.17) is 4.74 Å². The maximum absolute atomic E-state index is 12.9. The molecule has 3 atom stereocenters. The number of carbonyl (C=O) groups excluding carboxylic acids is 2. The van der Waals surface area contributed by atoms with Gasteiger partial charge >= 0.3 is 12.1 Å². The number of carboxylic acids is 1. The molecule has 4 rings (SSSR count). The zero-order valence-electron chi connectivity index (χ0n) is 19.4. The fourth-order valence-corrected chi connectivity index (χ4v) is 6.10. The Labute approximate surface area is 203 Å². The summed E-state index contributed by atoms with van der Waals surface area (Å²) in [6, 6.07) is 15.0. The number of hydrogen-bond acceptors (Lipinski definition) is 5. The van der Waals surface area contributed by atoms with E-state index in [1.54, 1.807) is 0 Å². The summed E-state index contributed by atoms with van der Waals surface area (Å²) in [4.78, 5) is 38.6. The Morgan fingerprint density at radius 1 is 1.12 bits per heavy atom. The molecule has 2 N–H and O–H groups in total. The van der Waals surface area contributed by atoms with Gasteiger partial charge in [-0.05, 0) is 35.6 Å². The molecule has 0 aromatic heterocycles. The third-order valence-electron chi connectivity index (χ3n) is 6.52. The molecule has 1 heterocycles. The minimum absolute atomic E-state index is 0.0387. The van der Waals surface area contributed by atoms with Crippen molar-refractivity contribution in [2.75, 3.05) is 12.4 Å². The first-order valence-electron chi connectivity index (χ1n) is 11.7. The van der Waals surface area contributed by atoms with E-state index < -0.39 is 24.1 Å². The van der Waals surface area contributed by atoms with Crippen LogP contribution in [0.2, 0.25) is 0 Å². The fraction of sp³-hybridized carbons (Fsp3) is 0.423. The molecule has 1 fully saturated rings. The first-order valence-corrected chi connectivity index (χ1v) is 12.7. The summed E-state index contributed by atoms with van der Waals surface area (Å²) >= 11 is 1.45. The zero-order valence-corrected chi connectivity index (χ0v) is 20.2. The molecule has 2 aromatic rings. The van der Waals surface area contributed by atoms with Gasteiger partial charge in [-0.15, -0.1) is 11.8 Å². The Kier molecular flexibility index (Phi) is 7.46. The van der Waals surface area contributed by atoms with Gasteiger partial charge in [0.15, 0.2) is 0 Å². The lowest BCUT2D eigenvalue weighted by Gasteiger charge is -2.27. The summed E-state index contributed by atoms with van der Waals surface area (Å²) in [7, 11) is 0. The predicted molar refractivity (Wildman–Crippen MR) is 132 cm³/mol. The van der Waals surface area contributed by atoms with Gasteiger partial charge in [0, 0.05) is 24.1 Å². The highest BCUT2D eigenvalue weighted by molar-refractivity contribution is 8.00.